The van der Waals surface area contributed by atoms with Gasteiger partial charge in [-0.15, -0.1) is 0 Å². The zero-order valence-electron chi connectivity index (χ0n) is 8.71. The van der Waals surface area contributed by atoms with Gasteiger partial charge in [0, 0.05) is 0 Å². The summed E-state index contributed by atoms with van der Waals surface area (Å²) in [7, 11) is 0. The second-order valence-electron chi connectivity index (χ2n) is 3.21. The first-order valence-electron chi connectivity index (χ1n) is 5.00. The molecule has 16 heavy (non-hydrogen) atoms. The van der Waals surface area contributed by atoms with Crippen molar-refractivity contribution in [3.63, 3.8) is 0 Å². The summed E-state index contributed by atoms with van der Waals surface area (Å²) >= 11 is 0. The standard InChI is InChI=1S/C13H12O3/c1-3-7-12(8-4-1)11-14-16-15-13-9-5-2-6-10-13/h1-10H,11H2. The predicted molar refractivity (Wildman–Crippen MR) is 59.4 cm³/mol. The molecule has 0 bridgehead atoms. The van der Waals surface area contributed by atoms with Crippen LogP contribution in [-0.4, -0.2) is 0 Å². The molecule has 0 saturated heterocycles. The normalized spacial score (nSPS) is 10.0. The fourth-order valence-electron chi connectivity index (χ4n) is 1.21. The maximum atomic E-state index is 4.91. The lowest BCUT2D eigenvalue weighted by atomic mass is 10.2. The van der Waals surface area contributed by atoms with Crippen LogP contribution >= 0.6 is 0 Å². The van der Waals surface area contributed by atoms with Crippen LogP contribution in [0.3, 0.4) is 0 Å². The quantitative estimate of drug-likeness (QED) is 0.436. The van der Waals surface area contributed by atoms with Gasteiger partial charge in [-0.2, -0.15) is 4.89 Å². The average molecular weight is 216 g/mol. The molecule has 82 valence electrons. The first-order valence-corrected chi connectivity index (χ1v) is 5.00. The van der Waals surface area contributed by atoms with Gasteiger partial charge >= 0.3 is 0 Å². The Bertz CT molecular complexity index is 359. The number of para-hydroxylation sites is 1. The van der Waals surface area contributed by atoms with Gasteiger partial charge in [0.15, 0.2) is 5.75 Å². The van der Waals surface area contributed by atoms with Crippen LogP contribution in [0.4, 0.5) is 0 Å². The Morgan fingerprint density at radius 1 is 0.750 bits per heavy atom. The number of hydrogen-bond donors (Lipinski definition) is 0. The highest BCUT2D eigenvalue weighted by atomic mass is 17.5. The lowest BCUT2D eigenvalue weighted by molar-refractivity contribution is -0.472. The van der Waals surface area contributed by atoms with E-state index >= 15 is 0 Å². The van der Waals surface area contributed by atoms with Crippen molar-refractivity contribution in [2.24, 2.45) is 0 Å². The van der Waals surface area contributed by atoms with E-state index < -0.39 is 0 Å². The Balaban J connectivity index is 1.70. The molecule has 0 aliphatic heterocycles. The molecule has 0 radical (unpaired) electrons. The van der Waals surface area contributed by atoms with E-state index in [9.17, 15) is 0 Å². The van der Waals surface area contributed by atoms with Gasteiger partial charge in [0.25, 0.3) is 0 Å². The predicted octanol–water partition coefficient (Wildman–Crippen LogP) is 3.13. The highest BCUT2D eigenvalue weighted by molar-refractivity contribution is 5.20. The summed E-state index contributed by atoms with van der Waals surface area (Å²) in [6.07, 6.45) is 0. The topological polar surface area (TPSA) is 27.7 Å². The largest absolute Gasteiger partial charge is 0.308 e. The van der Waals surface area contributed by atoms with Crippen LogP contribution < -0.4 is 4.89 Å². The van der Waals surface area contributed by atoms with E-state index in [4.69, 9.17) is 9.78 Å². The van der Waals surface area contributed by atoms with Crippen LogP contribution in [0.1, 0.15) is 5.56 Å². The Hall–Kier alpha value is -1.84. The molecule has 0 N–H and O–H groups in total. The van der Waals surface area contributed by atoms with Crippen LogP contribution in [0.25, 0.3) is 0 Å². The van der Waals surface area contributed by atoms with Crippen molar-refractivity contribution in [3.8, 4) is 5.75 Å². The van der Waals surface area contributed by atoms with Crippen LogP contribution in [0.2, 0.25) is 0 Å². The van der Waals surface area contributed by atoms with Gasteiger partial charge in [0.1, 0.15) is 6.61 Å². The smallest absolute Gasteiger partial charge is 0.168 e. The third-order valence-corrected chi connectivity index (χ3v) is 1.99. The van der Waals surface area contributed by atoms with E-state index in [1.165, 1.54) is 0 Å². The molecule has 0 aliphatic rings. The molecule has 0 aromatic heterocycles. The summed E-state index contributed by atoms with van der Waals surface area (Å²) in [5.41, 5.74) is 1.03. The summed E-state index contributed by atoms with van der Waals surface area (Å²) in [5.74, 6) is 0.607. The molecule has 0 aliphatic carbocycles. The highest BCUT2D eigenvalue weighted by Gasteiger charge is 1.95. The molecule has 0 fully saturated rings. The van der Waals surface area contributed by atoms with E-state index in [-0.39, 0.29) is 0 Å². The minimum absolute atomic E-state index is 0.355. The summed E-state index contributed by atoms with van der Waals surface area (Å²) in [4.78, 5) is 9.81. The van der Waals surface area contributed by atoms with Gasteiger partial charge in [-0.1, -0.05) is 48.5 Å². The Labute approximate surface area is 94.1 Å². The van der Waals surface area contributed by atoms with E-state index in [1.807, 2.05) is 48.5 Å². The molecule has 0 unspecified atom stereocenters. The van der Waals surface area contributed by atoms with E-state index in [2.05, 4.69) is 5.04 Å². The molecule has 3 heteroatoms. The molecule has 2 aromatic carbocycles. The SMILES string of the molecule is c1ccc(COOOc2ccccc2)cc1. The molecular formula is C13H12O3. The van der Waals surface area contributed by atoms with Gasteiger partial charge in [0.05, 0.1) is 0 Å². The van der Waals surface area contributed by atoms with Gasteiger partial charge in [-0.25, -0.2) is 0 Å². The number of benzene rings is 2. The summed E-state index contributed by atoms with van der Waals surface area (Å²) in [6, 6.07) is 18.9. The van der Waals surface area contributed by atoms with Crippen molar-refractivity contribution in [2.45, 2.75) is 6.61 Å². The van der Waals surface area contributed by atoms with E-state index in [1.54, 1.807) is 12.1 Å². The third kappa shape index (κ3) is 3.38. The van der Waals surface area contributed by atoms with Crippen LogP contribution in [-0.2, 0) is 16.5 Å². The Kier molecular flexibility index (Phi) is 3.94. The van der Waals surface area contributed by atoms with Crippen LogP contribution in [0, 0.1) is 0 Å². The van der Waals surface area contributed by atoms with Crippen molar-refractivity contribution < 1.29 is 14.8 Å². The highest BCUT2D eigenvalue weighted by Crippen LogP contribution is 2.09. The molecule has 2 rings (SSSR count). The first kappa shape index (κ1) is 10.7. The maximum absolute atomic E-state index is 4.91. The molecule has 2 aromatic rings. The molecule has 0 spiro atoms. The van der Waals surface area contributed by atoms with Crippen molar-refractivity contribution in [1.82, 2.24) is 0 Å². The van der Waals surface area contributed by atoms with Crippen molar-refractivity contribution >= 4 is 0 Å². The molecule has 0 amide bonds. The Morgan fingerprint density at radius 3 is 2.06 bits per heavy atom. The third-order valence-electron chi connectivity index (χ3n) is 1.99. The molecular weight excluding hydrogens is 204 g/mol. The summed E-state index contributed by atoms with van der Waals surface area (Å²) < 4.78 is 0. The lowest BCUT2D eigenvalue weighted by Gasteiger charge is -2.03. The van der Waals surface area contributed by atoms with E-state index in [0.29, 0.717) is 12.4 Å². The van der Waals surface area contributed by atoms with Gasteiger partial charge in [0.2, 0.25) is 0 Å². The molecule has 0 heterocycles. The monoisotopic (exact) mass is 216 g/mol. The second kappa shape index (κ2) is 5.90. The van der Waals surface area contributed by atoms with Crippen LogP contribution in [0.5, 0.6) is 5.75 Å². The lowest BCUT2D eigenvalue weighted by Crippen LogP contribution is -1.99. The van der Waals surface area contributed by atoms with Crippen molar-refractivity contribution in [3.05, 3.63) is 66.2 Å². The zero-order chi connectivity index (χ0) is 11.1. The fraction of sp³-hybridized carbons (Fsp3) is 0.0769. The van der Waals surface area contributed by atoms with Gasteiger partial charge in [-0.3, -0.25) is 0 Å². The maximum Gasteiger partial charge on any atom is 0.168 e. The number of rotatable bonds is 5. The van der Waals surface area contributed by atoms with Crippen molar-refractivity contribution in [2.75, 3.05) is 0 Å². The zero-order valence-corrected chi connectivity index (χ0v) is 8.71. The van der Waals surface area contributed by atoms with Crippen LogP contribution in [0.15, 0.2) is 60.7 Å². The minimum atomic E-state index is 0.355. The van der Waals surface area contributed by atoms with E-state index in [0.717, 1.165) is 5.56 Å². The minimum Gasteiger partial charge on any atom is -0.308 e. The summed E-state index contributed by atoms with van der Waals surface area (Å²) in [6.45, 7) is 0.355. The second-order valence-corrected chi connectivity index (χ2v) is 3.21. The molecule has 0 atom stereocenters. The summed E-state index contributed by atoms with van der Waals surface area (Å²) in [5, 5.41) is 4.62. The Morgan fingerprint density at radius 2 is 1.38 bits per heavy atom. The molecule has 3 nitrogen and oxygen atoms in total. The first-order chi connectivity index (χ1) is 7.95. The van der Waals surface area contributed by atoms with Crippen molar-refractivity contribution in [1.29, 1.82) is 0 Å². The average Bonchev–Trinajstić information content (AvgIpc) is 2.37. The van der Waals surface area contributed by atoms with Gasteiger partial charge < -0.3 is 4.89 Å². The van der Waals surface area contributed by atoms with Gasteiger partial charge in [-0.05, 0) is 22.7 Å². The molecule has 0 saturated carbocycles. The number of hydrogen-bond acceptors (Lipinski definition) is 3. The fourth-order valence-corrected chi connectivity index (χ4v) is 1.21.